The molecule has 0 fully saturated rings. The Morgan fingerprint density at radius 1 is 1.38 bits per heavy atom. The summed E-state index contributed by atoms with van der Waals surface area (Å²) in [5, 5.41) is 12.4. The van der Waals surface area contributed by atoms with Crippen LogP contribution in [0.15, 0.2) is 18.2 Å². The van der Waals surface area contributed by atoms with Crippen LogP contribution >= 0.6 is 0 Å². The van der Waals surface area contributed by atoms with Gasteiger partial charge in [-0.15, -0.1) is 0 Å². The van der Waals surface area contributed by atoms with Gasteiger partial charge in [0.1, 0.15) is 0 Å². The molecule has 0 spiro atoms. The van der Waals surface area contributed by atoms with Crippen LogP contribution in [0.25, 0.3) is 0 Å². The first-order valence-electron chi connectivity index (χ1n) is 4.72. The molecule has 2 heteroatoms. The van der Waals surface area contributed by atoms with Gasteiger partial charge in [0.25, 0.3) is 0 Å². The minimum absolute atomic E-state index is 0.105. The van der Waals surface area contributed by atoms with Crippen LogP contribution in [-0.2, 0) is 6.61 Å². The first kappa shape index (κ1) is 10.1. The lowest BCUT2D eigenvalue weighted by Crippen LogP contribution is -2.03. The number of aryl methyl sites for hydroxylation is 1. The van der Waals surface area contributed by atoms with Gasteiger partial charge in [-0.05, 0) is 19.4 Å². The SMILES string of the molecule is CCCNc1ccc(C)cc1CO. The van der Waals surface area contributed by atoms with Gasteiger partial charge < -0.3 is 10.4 Å². The highest BCUT2D eigenvalue weighted by atomic mass is 16.3. The second-order valence-electron chi connectivity index (χ2n) is 3.25. The molecular weight excluding hydrogens is 162 g/mol. The molecule has 0 aliphatic rings. The van der Waals surface area contributed by atoms with E-state index in [-0.39, 0.29) is 6.61 Å². The van der Waals surface area contributed by atoms with Crippen molar-refractivity contribution in [2.24, 2.45) is 0 Å². The minimum atomic E-state index is 0.105. The molecule has 72 valence electrons. The standard InChI is InChI=1S/C11H17NO/c1-3-6-12-11-5-4-9(2)7-10(11)8-13/h4-5,7,12-13H,3,6,8H2,1-2H3. The van der Waals surface area contributed by atoms with Crippen LogP contribution in [0, 0.1) is 6.92 Å². The van der Waals surface area contributed by atoms with Crippen molar-refractivity contribution >= 4 is 5.69 Å². The summed E-state index contributed by atoms with van der Waals surface area (Å²) in [4.78, 5) is 0. The summed E-state index contributed by atoms with van der Waals surface area (Å²) in [6.45, 7) is 5.21. The predicted molar refractivity (Wildman–Crippen MR) is 55.9 cm³/mol. The molecule has 1 aromatic carbocycles. The Morgan fingerprint density at radius 2 is 2.15 bits per heavy atom. The van der Waals surface area contributed by atoms with E-state index in [0.717, 1.165) is 24.2 Å². The second kappa shape index (κ2) is 4.87. The minimum Gasteiger partial charge on any atom is -0.392 e. The number of benzene rings is 1. The molecule has 0 aliphatic carbocycles. The van der Waals surface area contributed by atoms with Gasteiger partial charge in [0.15, 0.2) is 0 Å². The van der Waals surface area contributed by atoms with Crippen molar-refractivity contribution in [2.75, 3.05) is 11.9 Å². The Kier molecular flexibility index (Phi) is 3.77. The van der Waals surface area contributed by atoms with Crippen molar-refractivity contribution in [1.29, 1.82) is 0 Å². The van der Waals surface area contributed by atoms with Crippen molar-refractivity contribution in [3.8, 4) is 0 Å². The molecule has 0 aromatic heterocycles. The largest absolute Gasteiger partial charge is 0.392 e. The van der Waals surface area contributed by atoms with E-state index in [0.29, 0.717) is 0 Å². The third kappa shape index (κ3) is 2.74. The lowest BCUT2D eigenvalue weighted by molar-refractivity contribution is 0.282. The van der Waals surface area contributed by atoms with E-state index in [1.54, 1.807) is 0 Å². The highest BCUT2D eigenvalue weighted by Gasteiger charge is 1.99. The summed E-state index contributed by atoms with van der Waals surface area (Å²) in [7, 11) is 0. The second-order valence-corrected chi connectivity index (χ2v) is 3.25. The maximum absolute atomic E-state index is 9.10. The normalized spacial score (nSPS) is 10.1. The number of aliphatic hydroxyl groups is 1. The van der Waals surface area contributed by atoms with Crippen LogP contribution in [0.4, 0.5) is 5.69 Å². The van der Waals surface area contributed by atoms with E-state index >= 15 is 0 Å². The lowest BCUT2D eigenvalue weighted by Gasteiger charge is -2.10. The average molecular weight is 179 g/mol. The molecule has 1 rings (SSSR count). The van der Waals surface area contributed by atoms with E-state index in [1.807, 2.05) is 19.1 Å². The van der Waals surface area contributed by atoms with E-state index in [4.69, 9.17) is 5.11 Å². The van der Waals surface area contributed by atoms with Gasteiger partial charge in [0.05, 0.1) is 6.61 Å². The Bertz CT molecular complexity index is 271. The zero-order valence-corrected chi connectivity index (χ0v) is 8.30. The van der Waals surface area contributed by atoms with Crippen molar-refractivity contribution in [2.45, 2.75) is 26.9 Å². The van der Waals surface area contributed by atoms with Crippen molar-refractivity contribution in [3.63, 3.8) is 0 Å². The van der Waals surface area contributed by atoms with E-state index in [2.05, 4.69) is 18.3 Å². The molecule has 0 heterocycles. The molecule has 0 unspecified atom stereocenters. The predicted octanol–water partition coefficient (Wildman–Crippen LogP) is 2.31. The maximum atomic E-state index is 9.10. The Balaban J connectivity index is 2.79. The van der Waals surface area contributed by atoms with Gasteiger partial charge in [-0.25, -0.2) is 0 Å². The number of hydrogen-bond donors (Lipinski definition) is 2. The molecule has 0 bridgehead atoms. The molecule has 0 saturated carbocycles. The van der Waals surface area contributed by atoms with Gasteiger partial charge >= 0.3 is 0 Å². The number of hydrogen-bond acceptors (Lipinski definition) is 2. The molecule has 0 amide bonds. The van der Waals surface area contributed by atoms with E-state index in [9.17, 15) is 0 Å². The number of nitrogens with one attached hydrogen (secondary N) is 1. The number of aliphatic hydroxyl groups excluding tert-OH is 1. The summed E-state index contributed by atoms with van der Waals surface area (Å²) in [5.74, 6) is 0. The van der Waals surface area contributed by atoms with Crippen LogP contribution in [0.2, 0.25) is 0 Å². The summed E-state index contributed by atoms with van der Waals surface area (Å²) in [6, 6.07) is 6.09. The molecular formula is C11H17NO. The van der Waals surface area contributed by atoms with Crippen LogP contribution in [0.3, 0.4) is 0 Å². The fraction of sp³-hybridized carbons (Fsp3) is 0.455. The molecule has 13 heavy (non-hydrogen) atoms. The highest BCUT2D eigenvalue weighted by Crippen LogP contribution is 2.16. The monoisotopic (exact) mass is 179 g/mol. The van der Waals surface area contributed by atoms with E-state index in [1.165, 1.54) is 5.56 Å². The van der Waals surface area contributed by atoms with Crippen LogP contribution in [0.5, 0.6) is 0 Å². The summed E-state index contributed by atoms with van der Waals surface area (Å²) in [5.41, 5.74) is 3.22. The van der Waals surface area contributed by atoms with Gasteiger partial charge in [0.2, 0.25) is 0 Å². The van der Waals surface area contributed by atoms with Gasteiger partial charge in [0, 0.05) is 17.8 Å². The Labute approximate surface area is 79.6 Å². The molecule has 0 atom stereocenters. The quantitative estimate of drug-likeness (QED) is 0.743. The lowest BCUT2D eigenvalue weighted by atomic mass is 10.1. The topological polar surface area (TPSA) is 32.3 Å². The highest BCUT2D eigenvalue weighted by molar-refractivity contribution is 5.52. The van der Waals surface area contributed by atoms with Crippen molar-refractivity contribution < 1.29 is 5.11 Å². The van der Waals surface area contributed by atoms with Crippen LogP contribution in [0.1, 0.15) is 24.5 Å². The fourth-order valence-electron chi connectivity index (χ4n) is 1.29. The molecule has 0 saturated heterocycles. The van der Waals surface area contributed by atoms with Crippen molar-refractivity contribution in [3.05, 3.63) is 29.3 Å². The Morgan fingerprint density at radius 3 is 2.77 bits per heavy atom. The number of anilines is 1. The first-order chi connectivity index (χ1) is 6.27. The van der Waals surface area contributed by atoms with Crippen LogP contribution < -0.4 is 5.32 Å². The third-order valence-electron chi connectivity index (χ3n) is 2.00. The summed E-state index contributed by atoms with van der Waals surface area (Å²) in [6.07, 6.45) is 1.10. The average Bonchev–Trinajstić information content (AvgIpc) is 2.16. The van der Waals surface area contributed by atoms with E-state index < -0.39 is 0 Å². The third-order valence-corrected chi connectivity index (χ3v) is 2.00. The zero-order chi connectivity index (χ0) is 9.68. The molecule has 0 aliphatic heterocycles. The van der Waals surface area contributed by atoms with Gasteiger partial charge in [-0.2, -0.15) is 0 Å². The fourth-order valence-corrected chi connectivity index (χ4v) is 1.29. The number of rotatable bonds is 4. The maximum Gasteiger partial charge on any atom is 0.0702 e. The smallest absolute Gasteiger partial charge is 0.0702 e. The molecule has 2 nitrogen and oxygen atoms in total. The summed E-state index contributed by atoms with van der Waals surface area (Å²) < 4.78 is 0. The van der Waals surface area contributed by atoms with Gasteiger partial charge in [-0.3, -0.25) is 0 Å². The van der Waals surface area contributed by atoms with Crippen LogP contribution in [-0.4, -0.2) is 11.7 Å². The zero-order valence-electron chi connectivity index (χ0n) is 8.30. The Hall–Kier alpha value is -1.02. The summed E-state index contributed by atoms with van der Waals surface area (Å²) >= 11 is 0. The molecule has 1 aromatic rings. The molecule has 0 radical (unpaired) electrons. The van der Waals surface area contributed by atoms with Gasteiger partial charge in [-0.1, -0.05) is 24.6 Å². The van der Waals surface area contributed by atoms with Crippen molar-refractivity contribution in [1.82, 2.24) is 0 Å². The first-order valence-corrected chi connectivity index (χ1v) is 4.72. The molecule has 2 N–H and O–H groups in total.